The van der Waals surface area contributed by atoms with E-state index in [9.17, 15) is 4.79 Å². The van der Waals surface area contributed by atoms with E-state index in [1.807, 2.05) is 19.1 Å². The van der Waals surface area contributed by atoms with Gasteiger partial charge in [0.25, 0.3) is 0 Å². The SMILES string of the molecule is CC1CCN(C(C)C(=O)Nc2ccc(N3CCOCC3)cc2)CC1. The van der Waals surface area contributed by atoms with Crippen molar-refractivity contribution in [1.29, 1.82) is 0 Å². The fourth-order valence-corrected chi connectivity index (χ4v) is 3.41. The summed E-state index contributed by atoms with van der Waals surface area (Å²) in [6, 6.07) is 8.07. The molecule has 2 aliphatic rings. The van der Waals surface area contributed by atoms with Gasteiger partial charge in [-0.05, 0) is 63.0 Å². The van der Waals surface area contributed by atoms with E-state index in [4.69, 9.17) is 4.74 Å². The second-order valence-corrected chi connectivity index (χ2v) is 7.03. The molecule has 0 saturated carbocycles. The van der Waals surface area contributed by atoms with Crippen molar-refractivity contribution >= 4 is 17.3 Å². The fraction of sp³-hybridized carbons (Fsp3) is 0.632. The van der Waals surface area contributed by atoms with Gasteiger partial charge in [0.1, 0.15) is 0 Å². The Kier molecular flexibility index (Phi) is 5.74. The summed E-state index contributed by atoms with van der Waals surface area (Å²) in [6.07, 6.45) is 2.37. The van der Waals surface area contributed by atoms with E-state index in [2.05, 4.69) is 34.2 Å². The second kappa shape index (κ2) is 7.99. The van der Waals surface area contributed by atoms with Gasteiger partial charge in [-0.15, -0.1) is 0 Å². The van der Waals surface area contributed by atoms with Crippen molar-refractivity contribution in [2.75, 3.05) is 49.6 Å². The highest BCUT2D eigenvalue weighted by molar-refractivity contribution is 5.94. The zero-order chi connectivity index (χ0) is 16.9. The summed E-state index contributed by atoms with van der Waals surface area (Å²) >= 11 is 0. The van der Waals surface area contributed by atoms with Gasteiger partial charge < -0.3 is 15.0 Å². The number of nitrogens with zero attached hydrogens (tertiary/aromatic N) is 2. The average molecular weight is 331 g/mol. The summed E-state index contributed by atoms with van der Waals surface area (Å²) in [6.45, 7) is 9.75. The van der Waals surface area contributed by atoms with Crippen molar-refractivity contribution in [2.45, 2.75) is 32.7 Å². The Bertz CT molecular complexity index is 532. The molecule has 3 rings (SSSR count). The highest BCUT2D eigenvalue weighted by atomic mass is 16.5. The largest absolute Gasteiger partial charge is 0.378 e. The standard InChI is InChI=1S/C19H29N3O2/c1-15-7-9-21(10-8-15)16(2)19(23)20-17-3-5-18(6-4-17)22-11-13-24-14-12-22/h3-6,15-16H,7-14H2,1-2H3,(H,20,23). The lowest BCUT2D eigenvalue weighted by Crippen LogP contribution is -2.45. The average Bonchev–Trinajstić information content (AvgIpc) is 2.63. The molecule has 0 radical (unpaired) electrons. The Morgan fingerprint density at radius 3 is 2.38 bits per heavy atom. The van der Waals surface area contributed by atoms with Gasteiger partial charge in [0.05, 0.1) is 19.3 Å². The van der Waals surface area contributed by atoms with Crippen molar-refractivity contribution < 1.29 is 9.53 Å². The number of hydrogen-bond acceptors (Lipinski definition) is 4. The molecule has 2 saturated heterocycles. The van der Waals surface area contributed by atoms with E-state index in [0.717, 1.165) is 51.0 Å². The first-order chi connectivity index (χ1) is 11.6. The van der Waals surface area contributed by atoms with Gasteiger partial charge in [-0.1, -0.05) is 6.92 Å². The summed E-state index contributed by atoms with van der Waals surface area (Å²) in [7, 11) is 0. The van der Waals surface area contributed by atoms with E-state index < -0.39 is 0 Å². The van der Waals surface area contributed by atoms with Crippen LogP contribution in [0.3, 0.4) is 0 Å². The number of piperidine rings is 1. The summed E-state index contributed by atoms with van der Waals surface area (Å²) < 4.78 is 5.38. The van der Waals surface area contributed by atoms with Crippen molar-refractivity contribution in [3.63, 3.8) is 0 Å². The zero-order valence-corrected chi connectivity index (χ0v) is 14.8. The van der Waals surface area contributed by atoms with E-state index >= 15 is 0 Å². The molecule has 0 aromatic heterocycles. The normalized spacial score (nSPS) is 21.5. The fourth-order valence-electron chi connectivity index (χ4n) is 3.41. The molecule has 5 nitrogen and oxygen atoms in total. The van der Waals surface area contributed by atoms with E-state index in [-0.39, 0.29) is 11.9 Å². The molecule has 24 heavy (non-hydrogen) atoms. The quantitative estimate of drug-likeness (QED) is 0.921. The number of morpholine rings is 1. The minimum absolute atomic E-state index is 0.0728. The molecular weight excluding hydrogens is 302 g/mol. The lowest BCUT2D eigenvalue weighted by atomic mass is 9.98. The van der Waals surface area contributed by atoms with Crippen LogP contribution in [0.1, 0.15) is 26.7 Å². The Hall–Kier alpha value is -1.59. The van der Waals surface area contributed by atoms with E-state index in [0.29, 0.717) is 0 Å². The number of rotatable bonds is 4. The number of anilines is 2. The van der Waals surface area contributed by atoms with Gasteiger partial charge in [0, 0.05) is 24.5 Å². The minimum Gasteiger partial charge on any atom is -0.378 e. The Balaban J connectivity index is 1.54. The summed E-state index contributed by atoms with van der Waals surface area (Å²) in [5.74, 6) is 0.868. The molecule has 2 fully saturated rings. The number of amides is 1. The molecule has 5 heteroatoms. The number of carbonyl (C=O) groups is 1. The highest BCUT2D eigenvalue weighted by Gasteiger charge is 2.25. The van der Waals surface area contributed by atoms with Gasteiger partial charge in [-0.25, -0.2) is 0 Å². The molecule has 2 aliphatic heterocycles. The molecule has 132 valence electrons. The number of carbonyl (C=O) groups excluding carboxylic acids is 1. The van der Waals surface area contributed by atoms with Crippen LogP contribution in [0.5, 0.6) is 0 Å². The first-order valence-electron chi connectivity index (χ1n) is 9.11. The van der Waals surface area contributed by atoms with Crippen LogP contribution in [0.4, 0.5) is 11.4 Å². The topological polar surface area (TPSA) is 44.8 Å². The molecule has 0 bridgehead atoms. The monoisotopic (exact) mass is 331 g/mol. The summed E-state index contributed by atoms with van der Waals surface area (Å²) in [5, 5.41) is 3.06. The summed E-state index contributed by atoms with van der Waals surface area (Å²) in [4.78, 5) is 17.1. The molecule has 0 aliphatic carbocycles. The maximum Gasteiger partial charge on any atom is 0.241 e. The van der Waals surface area contributed by atoms with Crippen LogP contribution in [0.15, 0.2) is 24.3 Å². The first kappa shape index (κ1) is 17.2. The highest BCUT2D eigenvalue weighted by Crippen LogP contribution is 2.21. The van der Waals surface area contributed by atoms with Gasteiger partial charge in [-0.3, -0.25) is 9.69 Å². The number of ether oxygens (including phenoxy) is 1. The molecule has 1 unspecified atom stereocenters. The zero-order valence-electron chi connectivity index (χ0n) is 14.8. The first-order valence-corrected chi connectivity index (χ1v) is 9.11. The Labute approximate surface area is 145 Å². The predicted molar refractivity (Wildman–Crippen MR) is 97.5 cm³/mol. The van der Waals surface area contributed by atoms with E-state index in [1.165, 1.54) is 18.5 Å². The maximum absolute atomic E-state index is 12.5. The van der Waals surface area contributed by atoms with Crippen LogP contribution in [0.2, 0.25) is 0 Å². The molecular formula is C19H29N3O2. The number of nitrogens with one attached hydrogen (secondary N) is 1. The van der Waals surface area contributed by atoms with Gasteiger partial charge in [-0.2, -0.15) is 0 Å². The van der Waals surface area contributed by atoms with E-state index in [1.54, 1.807) is 0 Å². The molecule has 1 aromatic rings. The third-order valence-corrected chi connectivity index (χ3v) is 5.26. The van der Waals surface area contributed by atoms with Crippen LogP contribution >= 0.6 is 0 Å². The Morgan fingerprint density at radius 1 is 1.12 bits per heavy atom. The number of benzene rings is 1. The van der Waals surface area contributed by atoms with Gasteiger partial charge in [0.15, 0.2) is 0 Å². The number of hydrogen-bond donors (Lipinski definition) is 1. The van der Waals surface area contributed by atoms with Gasteiger partial charge in [0.2, 0.25) is 5.91 Å². The van der Waals surface area contributed by atoms with Gasteiger partial charge >= 0.3 is 0 Å². The molecule has 1 N–H and O–H groups in total. The molecule has 1 amide bonds. The molecule has 0 spiro atoms. The molecule has 1 atom stereocenters. The van der Waals surface area contributed by atoms with Crippen LogP contribution in [-0.2, 0) is 9.53 Å². The number of likely N-dealkylation sites (tertiary alicyclic amines) is 1. The van der Waals surface area contributed by atoms with Crippen LogP contribution in [0, 0.1) is 5.92 Å². The van der Waals surface area contributed by atoms with Crippen molar-refractivity contribution in [3.05, 3.63) is 24.3 Å². The van der Waals surface area contributed by atoms with Crippen LogP contribution < -0.4 is 10.2 Å². The smallest absolute Gasteiger partial charge is 0.241 e. The maximum atomic E-state index is 12.5. The summed E-state index contributed by atoms with van der Waals surface area (Å²) in [5.41, 5.74) is 2.06. The lowest BCUT2D eigenvalue weighted by Gasteiger charge is -2.34. The minimum atomic E-state index is -0.0728. The lowest BCUT2D eigenvalue weighted by molar-refractivity contribution is -0.121. The third kappa shape index (κ3) is 4.28. The molecule has 1 aromatic carbocycles. The third-order valence-electron chi connectivity index (χ3n) is 5.26. The molecule has 2 heterocycles. The second-order valence-electron chi connectivity index (χ2n) is 7.03. The Morgan fingerprint density at radius 2 is 1.75 bits per heavy atom. The van der Waals surface area contributed by atoms with Crippen molar-refractivity contribution in [1.82, 2.24) is 4.90 Å². The van der Waals surface area contributed by atoms with Crippen LogP contribution in [0.25, 0.3) is 0 Å². The van der Waals surface area contributed by atoms with Crippen molar-refractivity contribution in [3.8, 4) is 0 Å². The van der Waals surface area contributed by atoms with Crippen molar-refractivity contribution in [2.24, 2.45) is 5.92 Å². The predicted octanol–water partition coefficient (Wildman–Crippen LogP) is 2.58. The van der Waals surface area contributed by atoms with Crippen LogP contribution in [-0.4, -0.2) is 56.2 Å².